The summed E-state index contributed by atoms with van der Waals surface area (Å²) in [5, 5.41) is 0. The molecule has 6 nitrogen and oxygen atoms in total. The lowest BCUT2D eigenvalue weighted by atomic mass is 9.79. The molecule has 0 aromatic heterocycles. The van der Waals surface area contributed by atoms with Crippen LogP contribution in [-0.2, 0) is 16.0 Å². The number of halogens is 2. The number of rotatable bonds is 7. The fourth-order valence-corrected chi connectivity index (χ4v) is 4.88. The van der Waals surface area contributed by atoms with Crippen LogP contribution in [0.25, 0.3) is 0 Å². The summed E-state index contributed by atoms with van der Waals surface area (Å²) in [6.07, 6.45) is 2.70. The average Bonchev–Trinajstić information content (AvgIpc) is 2.71. The fourth-order valence-electron chi connectivity index (χ4n) is 4.88. The number of nitrogens with zero attached hydrogens (tertiary/aromatic N) is 1. The van der Waals surface area contributed by atoms with Crippen LogP contribution in [0, 0.1) is 17.8 Å². The first-order valence-corrected chi connectivity index (χ1v) is 11.2. The largest absolute Gasteiger partial charge is 0.493 e. The minimum absolute atomic E-state index is 0. The zero-order valence-corrected chi connectivity index (χ0v) is 21.8. The number of fused-ring (bicyclic) bond motifs is 3. The van der Waals surface area contributed by atoms with Crippen molar-refractivity contribution >= 4 is 30.8 Å². The molecule has 4 atom stereocenters. The zero-order chi connectivity index (χ0) is 22.0. The summed E-state index contributed by atoms with van der Waals surface area (Å²) in [6.45, 7) is 10.3. The van der Waals surface area contributed by atoms with Crippen molar-refractivity contribution < 1.29 is 19.0 Å². The minimum Gasteiger partial charge on any atom is -0.493 e. The van der Waals surface area contributed by atoms with E-state index in [4.69, 9.17) is 19.9 Å². The molecule has 0 saturated carbocycles. The molecule has 1 aromatic carbocycles. The van der Waals surface area contributed by atoms with Crippen molar-refractivity contribution in [2.75, 3.05) is 27.3 Å². The molecule has 0 bridgehead atoms. The lowest BCUT2D eigenvalue weighted by Crippen LogP contribution is -2.51. The Morgan fingerprint density at radius 2 is 1.75 bits per heavy atom. The van der Waals surface area contributed by atoms with Crippen LogP contribution in [0.1, 0.15) is 57.7 Å². The summed E-state index contributed by atoms with van der Waals surface area (Å²) in [5.41, 5.74) is 8.64. The van der Waals surface area contributed by atoms with Crippen LogP contribution in [0.5, 0.6) is 11.5 Å². The molecule has 3 unspecified atom stereocenters. The predicted octanol–water partition coefficient (Wildman–Crippen LogP) is 4.41. The molecule has 0 amide bonds. The van der Waals surface area contributed by atoms with Gasteiger partial charge in [0.25, 0.3) is 0 Å². The molecule has 1 fully saturated rings. The van der Waals surface area contributed by atoms with Gasteiger partial charge in [0.2, 0.25) is 0 Å². The Kier molecular flexibility index (Phi) is 11.1. The van der Waals surface area contributed by atoms with E-state index in [1.807, 2.05) is 13.8 Å². The molecule has 3 rings (SSSR count). The normalized spacial score (nSPS) is 23.3. The number of hydrogen-bond donors (Lipinski definition) is 1. The molecule has 184 valence electrons. The second-order valence-corrected chi connectivity index (χ2v) is 9.54. The van der Waals surface area contributed by atoms with Crippen LogP contribution in [0.2, 0.25) is 0 Å². The maximum Gasteiger partial charge on any atom is 0.323 e. The Labute approximate surface area is 205 Å². The second-order valence-electron chi connectivity index (χ2n) is 9.54. The Morgan fingerprint density at radius 3 is 2.31 bits per heavy atom. The van der Waals surface area contributed by atoms with Gasteiger partial charge in [-0.1, -0.05) is 27.7 Å². The molecular formula is C24H40Cl2N2O4. The molecule has 0 radical (unpaired) electrons. The number of benzene rings is 1. The number of carbonyl (C=O) groups is 1. The number of esters is 1. The van der Waals surface area contributed by atoms with E-state index in [0.717, 1.165) is 43.9 Å². The van der Waals surface area contributed by atoms with Crippen molar-refractivity contribution in [2.45, 2.75) is 65.1 Å². The number of nitrogens with two attached hydrogens (primary N) is 1. The van der Waals surface area contributed by atoms with Crippen molar-refractivity contribution in [3.63, 3.8) is 0 Å². The summed E-state index contributed by atoms with van der Waals surface area (Å²) >= 11 is 0. The Hall–Kier alpha value is -1.21. The van der Waals surface area contributed by atoms with Gasteiger partial charge in [0.05, 0.1) is 14.2 Å². The molecule has 32 heavy (non-hydrogen) atoms. The standard InChI is InChI=1S/C24H38N2O4.2ClH/c1-14(2)9-17-13-26-8-7-16-10-21(28-5)22(29-6)11-18(16)19(26)12-20(17)30-24(27)23(25)15(3)4;;/h10-11,14-15,17,19-20,23H,7-9,12-13,25H2,1-6H3;2*1H/t17?,19?,20?,23-;;/m1../s1. The summed E-state index contributed by atoms with van der Waals surface area (Å²) in [7, 11) is 3.34. The highest BCUT2D eigenvalue weighted by molar-refractivity contribution is 5.85. The van der Waals surface area contributed by atoms with E-state index in [0.29, 0.717) is 11.8 Å². The van der Waals surface area contributed by atoms with Crippen LogP contribution in [0.4, 0.5) is 0 Å². The number of hydrogen-bond acceptors (Lipinski definition) is 6. The fraction of sp³-hybridized carbons (Fsp3) is 0.708. The minimum atomic E-state index is -0.578. The molecule has 0 aliphatic carbocycles. The highest BCUT2D eigenvalue weighted by Crippen LogP contribution is 2.44. The molecule has 2 heterocycles. The zero-order valence-electron chi connectivity index (χ0n) is 20.1. The van der Waals surface area contributed by atoms with Gasteiger partial charge >= 0.3 is 5.97 Å². The molecule has 1 saturated heterocycles. The van der Waals surface area contributed by atoms with Crippen molar-refractivity contribution in [1.82, 2.24) is 4.90 Å². The average molecular weight is 492 g/mol. The van der Waals surface area contributed by atoms with Crippen molar-refractivity contribution in [3.05, 3.63) is 23.3 Å². The Morgan fingerprint density at radius 1 is 1.12 bits per heavy atom. The lowest BCUT2D eigenvalue weighted by molar-refractivity contribution is -0.160. The first kappa shape index (κ1) is 28.8. The summed E-state index contributed by atoms with van der Waals surface area (Å²) in [4.78, 5) is 15.2. The molecule has 0 spiro atoms. The Balaban J connectivity index is 0.00000256. The van der Waals surface area contributed by atoms with Gasteiger partial charge in [0.15, 0.2) is 11.5 Å². The molecule has 2 aliphatic heterocycles. The lowest BCUT2D eigenvalue weighted by Gasteiger charge is -2.47. The monoisotopic (exact) mass is 490 g/mol. The van der Waals surface area contributed by atoms with E-state index in [1.54, 1.807) is 14.2 Å². The van der Waals surface area contributed by atoms with Crippen molar-refractivity contribution in [2.24, 2.45) is 23.5 Å². The van der Waals surface area contributed by atoms with Gasteiger partial charge < -0.3 is 19.9 Å². The second kappa shape index (κ2) is 12.3. The van der Waals surface area contributed by atoms with E-state index in [-0.39, 0.29) is 48.8 Å². The number of ether oxygens (including phenoxy) is 3. The maximum atomic E-state index is 12.7. The number of methoxy groups -OCH3 is 2. The van der Waals surface area contributed by atoms with Gasteiger partial charge in [0, 0.05) is 31.5 Å². The van der Waals surface area contributed by atoms with Crippen molar-refractivity contribution in [1.29, 1.82) is 0 Å². The summed E-state index contributed by atoms with van der Waals surface area (Å²) < 4.78 is 17.1. The van der Waals surface area contributed by atoms with Crippen LogP contribution in [-0.4, -0.2) is 50.3 Å². The van der Waals surface area contributed by atoms with Gasteiger partial charge in [-0.3, -0.25) is 9.69 Å². The van der Waals surface area contributed by atoms with E-state index >= 15 is 0 Å². The van der Waals surface area contributed by atoms with Gasteiger partial charge in [-0.05, 0) is 47.9 Å². The van der Waals surface area contributed by atoms with Gasteiger partial charge in [0.1, 0.15) is 12.1 Å². The highest BCUT2D eigenvalue weighted by atomic mass is 35.5. The molecular weight excluding hydrogens is 451 g/mol. The van der Waals surface area contributed by atoms with E-state index in [9.17, 15) is 4.79 Å². The smallest absolute Gasteiger partial charge is 0.323 e. The number of piperidine rings is 1. The van der Waals surface area contributed by atoms with Gasteiger partial charge in [-0.15, -0.1) is 24.8 Å². The van der Waals surface area contributed by atoms with Gasteiger partial charge in [-0.25, -0.2) is 0 Å². The van der Waals surface area contributed by atoms with Gasteiger partial charge in [-0.2, -0.15) is 0 Å². The molecule has 2 N–H and O–H groups in total. The van der Waals surface area contributed by atoms with Crippen LogP contribution in [0.3, 0.4) is 0 Å². The molecule has 1 aromatic rings. The van der Waals surface area contributed by atoms with Crippen LogP contribution < -0.4 is 15.2 Å². The van der Waals surface area contributed by atoms with Crippen LogP contribution in [0.15, 0.2) is 12.1 Å². The molecule has 2 aliphatic rings. The third-order valence-electron chi connectivity index (χ3n) is 6.60. The first-order chi connectivity index (χ1) is 14.2. The molecule has 8 heteroatoms. The Bertz CT molecular complexity index is 760. The van der Waals surface area contributed by atoms with E-state index in [2.05, 4.69) is 30.9 Å². The maximum absolute atomic E-state index is 12.7. The first-order valence-electron chi connectivity index (χ1n) is 11.2. The number of carbonyl (C=O) groups excluding carboxylic acids is 1. The van der Waals surface area contributed by atoms with Crippen molar-refractivity contribution in [3.8, 4) is 11.5 Å². The summed E-state index contributed by atoms with van der Waals surface area (Å²) in [5.74, 6) is 2.18. The third-order valence-corrected chi connectivity index (χ3v) is 6.60. The van der Waals surface area contributed by atoms with E-state index < -0.39 is 6.04 Å². The summed E-state index contributed by atoms with van der Waals surface area (Å²) in [6, 6.07) is 3.84. The predicted molar refractivity (Wildman–Crippen MR) is 132 cm³/mol. The van der Waals surface area contributed by atoms with E-state index in [1.165, 1.54) is 11.1 Å². The topological polar surface area (TPSA) is 74.0 Å². The van der Waals surface area contributed by atoms with Crippen LogP contribution >= 0.6 is 24.8 Å². The highest BCUT2D eigenvalue weighted by Gasteiger charge is 2.41. The third kappa shape index (κ3) is 6.22. The quantitative estimate of drug-likeness (QED) is 0.570. The SMILES string of the molecule is COc1cc2c(cc1OC)C1CC(OC(=O)[C@H](N)C(C)C)C(CC(C)C)CN1CC2.Cl.Cl.